The Morgan fingerprint density at radius 3 is 2.67 bits per heavy atom. The van der Waals surface area contributed by atoms with Crippen LogP contribution in [0.5, 0.6) is 5.75 Å². The predicted molar refractivity (Wildman–Crippen MR) is 70.3 cm³/mol. The van der Waals surface area contributed by atoms with Gasteiger partial charge in [0.15, 0.2) is 0 Å². The van der Waals surface area contributed by atoms with Gasteiger partial charge in [-0.2, -0.15) is 0 Å². The average molecular weight is 255 g/mol. The van der Waals surface area contributed by atoms with E-state index >= 15 is 0 Å². The summed E-state index contributed by atoms with van der Waals surface area (Å²) >= 11 is 0. The summed E-state index contributed by atoms with van der Waals surface area (Å²) in [6.45, 7) is 5.62. The molecule has 4 heteroatoms. The van der Waals surface area contributed by atoms with Crippen molar-refractivity contribution in [3.05, 3.63) is 29.6 Å². The molecule has 2 unspecified atom stereocenters. The molecule has 0 saturated carbocycles. The van der Waals surface area contributed by atoms with Crippen LogP contribution in [-0.2, 0) is 0 Å². The summed E-state index contributed by atoms with van der Waals surface area (Å²) in [6, 6.07) is 4.73. The zero-order valence-electron chi connectivity index (χ0n) is 11.5. The van der Waals surface area contributed by atoms with Crippen molar-refractivity contribution < 1.29 is 14.2 Å². The fourth-order valence-corrected chi connectivity index (χ4v) is 1.45. The van der Waals surface area contributed by atoms with Crippen LogP contribution in [0, 0.1) is 5.82 Å². The van der Waals surface area contributed by atoms with E-state index < -0.39 is 5.60 Å². The first-order valence-corrected chi connectivity index (χ1v) is 6.21. The lowest BCUT2D eigenvalue weighted by molar-refractivity contribution is 0.00836. The molecule has 0 aliphatic carbocycles. The normalized spacial score (nSPS) is 16.1. The number of aliphatic hydroxyl groups is 1. The maximum atomic E-state index is 13.8. The molecule has 0 aliphatic rings. The minimum Gasteiger partial charge on any atom is -0.491 e. The Morgan fingerprint density at radius 2 is 2.17 bits per heavy atom. The molecular formula is C14H22FNO2. The third kappa shape index (κ3) is 3.96. The van der Waals surface area contributed by atoms with Gasteiger partial charge < -0.3 is 15.2 Å². The van der Waals surface area contributed by atoms with Crippen molar-refractivity contribution in [3.8, 4) is 5.75 Å². The van der Waals surface area contributed by atoms with Crippen LogP contribution in [0.3, 0.4) is 0 Å². The number of hydrogen-bond donors (Lipinski definition) is 2. The quantitative estimate of drug-likeness (QED) is 0.821. The second-order valence-corrected chi connectivity index (χ2v) is 4.83. The lowest BCUT2D eigenvalue weighted by Gasteiger charge is -2.21. The van der Waals surface area contributed by atoms with Crippen molar-refractivity contribution >= 4 is 0 Å². The van der Waals surface area contributed by atoms with E-state index in [0.29, 0.717) is 17.7 Å². The molecule has 0 aliphatic heterocycles. The van der Waals surface area contributed by atoms with E-state index in [1.54, 1.807) is 26.1 Å². The number of hydrogen-bond acceptors (Lipinski definition) is 3. The van der Waals surface area contributed by atoms with Gasteiger partial charge in [0, 0.05) is 17.7 Å². The minimum absolute atomic E-state index is 0.0437. The van der Waals surface area contributed by atoms with E-state index in [4.69, 9.17) is 4.74 Å². The van der Waals surface area contributed by atoms with Gasteiger partial charge in [0.05, 0.1) is 5.60 Å². The van der Waals surface area contributed by atoms with E-state index in [1.165, 1.54) is 6.07 Å². The lowest BCUT2D eigenvalue weighted by Crippen LogP contribution is -2.31. The molecule has 3 nitrogen and oxygen atoms in total. The summed E-state index contributed by atoms with van der Waals surface area (Å²) < 4.78 is 19.2. The van der Waals surface area contributed by atoms with E-state index in [0.717, 1.165) is 0 Å². The molecule has 0 heterocycles. The fraction of sp³-hybridized carbons (Fsp3) is 0.571. The lowest BCUT2D eigenvalue weighted by atomic mass is 10.1. The van der Waals surface area contributed by atoms with Gasteiger partial charge in [0.25, 0.3) is 0 Å². The largest absolute Gasteiger partial charge is 0.491 e. The summed E-state index contributed by atoms with van der Waals surface area (Å²) in [6.07, 6.45) is 0.588. The van der Waals surface area contributed by atoms with Crippen LogP contribution in [0.4, 0.5) is 4.39 Å². The Hall–Kier alpha value is -1.13. The summed E-state index contributed by atoms with van der Waals surface area (Å²) in [4.78, 5) is 0. The van der Waals surface area contributed by atoms with Crippen LogP contribution in [0.25, 0.3) is 0 Å². The second-order valence-electron chi connectivity index (χ2n) is 4.83. The standard InChI is InChI=1S/C14H22FNO2/c1-5-14(3,17)9-18-11-6-7-12(10(2)16-4)13(15)8-11/h6-8,10,16-17H,5,9H2,1-4H3. The minimum atomic E-state index is -0.882. The summed E-state index contributed by atoms with van der Waals surface area (Å²) in [7, 11) is 1.78. The molecule has 2 atom stereocenters. The third-order valence-electron chi connectivity index (χ3n) is 3.18. The number of rotatable bonds is 6. The molecule has 1 aromatic carbocycles. The SMILES string of the molecule is CCC(C)(O)COc1ccc(C(C)NC)c(F)c1. The third-order valence-corrected chi connectivity index (χ3v) is 3.18. The zero-order chi connectivity index (χ0) is 13.8. The Morgan fingerprint density at radius 1 is 1.50 bits per heavy atom. The van der Waals surface area contributed by atoms with Crippen LogP contribution in [0.15, 0.2) is 18.2 Å². The zero-order valence-corrected chi connectivity index (χ0v) is 11.5. The Kier molecular flexibility index (Phi) is 5.11. The molecule has 0 fully saturated rings. The summed E-state index contributed by atoms with van der Waals surface area (Å²) in [5.74, 6) is 0.138. The van der Waals surface area contributed by atoms with Gasteiger partial charge >= 0.3 is 0 Å². The van der Waals surface area contributed by atoms with Crippen molar-refractivity contribution in [2.75, 3.05) is 13.7 Å². The summed E-state index contributed by atoms with van der Waals surface area (Å²) in [5, 5.41) is 12.8. The van der Waals surface area contributed by atoms with E-state index in [9.17, 15) is 9.50 Å². The molecule has 0 amide bonds. The van der Waals surface area contributed by atoms with Crippen molar-refractivity contribution in [2.45, 2.75) is 38.8 Å². The molecule has 102 valence electrons. The number of benzene rings is 1. The van der Waals surface area contributed by atoms with Gasteiger partial charge in [-0.15, -0.1) is 0 Å². The van der Waals surface area contributed by atoms with E-state index in [-0.39, 0.29) is 18.5 Å². The van der Waals surface area contributed by atoms with Gasteiger partial charge in [-0.05, 0) is 33.4 Å². The molecular weight excluding hydrogens is 233 g/mol. The topological polar surface area (TPSA) is 41.5 Å². The Balaban J connectivity index is 2.73. The molecule has 0 aromatic heterocycles. The van der Waals surface area contributed by atoms with Crippen molar-refractivity contribution in [1.29, 1.82) is 0 Å². The van der Waals surface area contributed by atoms with Gasteiger partial charge in [0.1, 0.15) is 18.2 Å². The average Bonchev–Trinajstić information content (AvgIpc) is 2.36. The predicted octanol–water partition coefficient (Wildman–Crippen LogP) is 2.65. The first-order chi connectivity index (χ1) is 8.39. The highest BCUT2D eigenvalue weighted by Crippen LogP contribution is 2.22. The van der Waals surface area contributed by atoms with Gasteiger partial charge in [-0.1, -0.05) is 13.0 Å². The Bertz CT molecular complexity index is 393. The molecule has 0 spiro atoms. The maximum Gasteiger partial charge on any atom is 0.131 e. The molecule has 2 N–H and O–H groups in total. The first kappa shape index (κ1) is 14.9. The van der Waals surface area contributed by atoms with Crippen LogP contribution < -0.4 is 10.1 Å². The van der Waals surface area contributed by atoms with Crippen LogP contribution >= 0.6 is 0 Å². The summed E-state index contributed by atoms with van der Waals surface area (Å²) in [5.41, 5.74) is -0.278. The van der Waals surface area contributed by atoms with E-state index in [1.807, 2.05) is 13.8 Å². The molecule has 18 heavy (non-hydrogen) atoms. The monoisotopic (exact) mass is 255 g/mol. The van der Waals surface area contributed by atoms with E-state index in [2.05, 4.69) is 5.32 Å². The van der Waals surface area contributed by atoms with Gasteiger partial charge in [-0.25, -0.2) is 4.39 Å². The number of nitrogens with one attached hydrogen (secondary N) is 1. The van der Waals surface area contributed by atoms with Crippen molar-refractivity contribution in [3.63, 3.8) is 0 Å². The molecule has 1 rings (SSSR count). The number of ether oxygens (including phenoxy) is 1. The second kappa shape index (κ2) is 6.16. The highest BCUT2D eigenvalue weighted by atomic mass is 19.1. The highest BCUT2D eigenvalue weighted by Gasteiger charge is 2.19. The van der Waals surface area contributed by atoms with Gasteiger partial charge in [0.2, 0.25) is 0 Å². The molecule has 0 radical (unpaired) electrons. The van der Waals surface area contributed by atoms with Crippen LogP contribution in [0.2, 0.25) is 0 Å². The first-order valence-electron chi connectivity index (χ1n) is 6.21. The molecule has 0 saturated heterocycles. The van der Waals surface area contributed by atoms with Gasteiger partial charge in [-0.3, -0.25) is 0 Å². The van der Waals surface area contributed by atoms with Crippen LogP contribution in [-0.4, -0.2) is 24.4 Å². The van der Waals surface area contributed by atoms with Crippen molar-refractivity contribution in [1.82, 2.24) is 5.32 Å². The molecule has 0 bridgehead atoms. The smallest absolute Gasteiger partial charge is 0.131 e. The number of halogens is 1. The van der Waals surface area contributed by atoms with Crippen molar-refractivity contribution in [2.24, 2.45) is 0 Å². The van der Waals surface area contributed by atoms with Crippen LogP contribution in [0.1, 0.15) is 38.8 Å². The maximum absolute atomic E-state index is 13.8. The fourth-order valence-electron chi connectivity index (χ4n) is 1.45. The Labute approximate surface area is 108 Å². The highest BCUT2D eigenvalue weighted by molar-refractivity contribution is 5.30. The molecule has 1 aromatic rings.